The number of fused-ring (bicyclic) bond motifs is 1. The molecule has 0 bridgehead atoms. The number of nitrogens with one attached hydrogen (secondary N) is 1. The van der Waals surface area contributed by atoms with Crippen LogP contribution in [0.25, 0.3) is 11.7 Å². The van der Waals surface area contributed by atoms with Gasteiger partial charge in [0.25, 0.3) is 11.5 Å². The largest absolute Gasteiger partial charge is 0.385 e. The van der Waals surface area contributed by atoms with Gasteiger partial charge in [0.1, 0.15) is 15.8 Å². The maximum absolute atomic E-state index is 13.3. The average Bonchev–Trinajstić information content (AvgIpc) is 3.12. The van der Waals surface area contributed by atoms with E-state index >= 15 is 0 Å². The minimum Gasteiger partial charge on any atom is -0.385 e. The van der Waals surface area contributed by atoms with E-state index in [1.54, 1.807) is 36.4 Å². The van der Waals surface area contributed by atoms with Gasteiger partial charge < -0.3 is 14.8 Å². The molecular formula is C23H29N5O4S2. The zero-order valence-corrected chi connectivity index (χ0v) is 20.8. The summed E-state index contributed by atoms with van der Waals surface area (Å²) in [6.07, 6.45) is 4.89. The van der Waals surface area contributed by atoms with Crippen LogP contribution in [0.5, 0.6) is 0 Å². The van der Waals surface area contributed by atoms with Gasteiger partial charge in [0.15, 0.2) is 0 Å². The number of thiocarbonyl (C=S) groups is 1. The topological polar surface area (TPSA) is 88.4 Å². The number of anilines is 1. The van der Waals surface area contributed by atoms with Crippen LogP contribution in [-0.2, 0) is 14.3 Å². The number of methoxy groups -OCH3 is 1. The van der Waals surface area contributed by atoms with Crippen LogP contribution in [0.3, 0.4) is 0 Å². The Kier molecular flexibility index (Phi) is 8.68. The van der Waals surface area contributed by atoms with Crippen LogP contribution in [0.1, 0.15) is 18.4 Å². The maximum atomic E-state index is 13.3. The van der Waals surface area contributed by atoms with Gasteiger partial charge in [-0.1, -0.05) is 30.0 Å². The summed E-state index contributed by atoms with van der Waals surface area (Å²) in [6.45, 7) is 6.04. The highest BCUT2D eigenvalue weighted by molar-refractivity contribution is 8.26. The lowest BCUT2D eigenvalue weighted by Crippen LogP contribution is -2.37. The lowest BCUT2D eigenvalue weighted by molar-refractivity contribution is -0.122. The Hall–Kier alpha value is -2.31. The van der Waals surface area contributed by atoms with Gasteiger partial charge in [-0.25, -0.2) is 4.98 Å². The Morgan fingerprint density at radius 1 is 1.24 bits per heavy atom. The van der Waals surface area contributed by atoms with Crippen LogP contribution < -0.4 is 10.9 Å². The normalized spacial score (nSPS) is 18.4. The van der Waals surface area contributed by atoms with Crippen LogP contribution in [-0.4, -0.2) is 89.1 Å². The standard InChI is InChI=1S/C23H29N5O4S2/c1-31-13-5-10-28-22(30)18(34-23(28)33)16-17-20(24-7-4-8-26-11-14-32-15-12-26)25-19-6-2-3-9-27(19)21(17)29/h2-3,6,9,16,24H,4-5,7-8,10-15H2,1H3. The number of pyridine rings is 1. The van der Waals surface area contributed by atoms with Gasteiger partial charge in [-0.15, -0.1) is 0 Å². The molecule has 1 amide bonds. The number of aromatic nitrogens is 2. The monoisotopic (exact) mass is 503 g/mol. The maximum Gasteiger partial charge on any atom is 0.267 e. The molecule has 2 aromatic heterocycles. The first kappa shape index (κ1) is 24.8. The van der Waals surface area contributed by atoms with Crippen LogP contribution >= 0.6 is 24.0 Å². The molecule has 2 aliphatic rings. The molecular weight excluding hydrogens is 474 g/mol. The second-order valence-electron chi connectivity index (χ2n) is 8.02. The van der Waals surface area contributed by atoms with Crippen molar-refractivity contribution in [1.29, 1.82) is 0 Å². The Morgan fingerprint density at radius 2 is 2.06 bits per heavy atom. The van der Waals surface area contributed by atoms with Crippen molar-refractivity contribution < 1.29 is 14.3 Å². The minimum absolute atomic E-state index is 0.193. The van der Waals surface area contributed by atoms with E-state index in [9.17, 15) is 9.59 Å². The summed E-state index contributed by atoms with van der Waals surface area (Å²) in [5.74, 6) is 0.282. The molecule has 0 saturated carbocycles. The number of hydrogen-bond acceptors (Lipinski definition) is 9. The molecule has 2 aliphatic heterocycles. The summed E-state index contributed by atoms with van der Waals surface area (Å²) in [5.41, 5.74) is 0.672. The molecule has 0 radical (unpaired) electrons. The minimum atomic E-state index is -0.231. The number of amides is 1. The third kappa shape index (κ3) is 5.84. The van der Waals surface area contributed by atoms with Gasteiger partial charge in [-0.05, 0) is 37.6 Å². The zero-order valence-electron chi connectivity index (χ0n) is 19.2. The molecule has 4 heterocycles. The number of rotatable bonds is 10. The summed E-state index contributed by atoms with van der Waals surface area (Å²) in [7, 11) is 1.62. The number of carbonyl (C=O) groups excluding carboxylic acids is 1. The van der Waals surface area contributed by atoms with Crippen molar-refractivity contribution in [3.05, 3.63) is 45.2 Å². The summed E-state index contributed by atoms with van der Waals surface area (Å²) in [4.78, 5) is 35.3. The summed E-state index contributed by atoms with van der Waals surface area (Å²) >= 11 is 6.62. The molecule has 1 N–H and O–H groups in total. The molecule has 0 spiro atoms. The van der Waals surface area contributed by atoms with E-state index in [4.69, 9.17) is 21.7 Å². The quantitative estimate of drug-likeness (QED) is 0.297. The Balaban J connectivity index is 1.55. The second kappa shape index (κ2) is 11.9. The average molecular weight is 504 g/mol. The number of morpholine rings is 1. The van der Waals surface area contributed by atoms with Gasteiger partial charge in [0.2, 0.25) is 0 Å². The molecule has 0 aliphatic carbocycles. The van der Waals surface area contributed by atoms with E-state index in [-0.39, 0.29) is 11.5 Å². The van der Waals surface area contributed by atoms with E-state index in [2.05, 4.69) is 15.2 Å². The predicted molar refractivity (Wildman–Crippen MR) is 138 cm³/mol. The highest BCUT2D eigenvalue weighted by Gasteiger charge is 2.32. The molecule has 0 aromatic carbocycles. The van der Waals surface area contributed by atoms with Gasteiger partial charge in [0, 0.05) is 46.1 Å². The molecule has 2 saturated heterocycles. The lowest BCUT2D eigenvalue weighted by Gasteiger charge is -2.26. The first-order valence-electron chi connectivity index (χ1n) is 11.4. The van der Waals surface area contributed by atoms with Crippen molar-refractivity contribution in [3.63, 3.8) is 0 Å². The number of hydrogen-bond donors (Lipinski definition) is 1. The summed E-state index contributed by atoms with van der Waals surface area (Å²) in [5, 5.41) is 3.33. The smallest absolute Gasteiger partial charge is 0.267 e. The summed E-state index contributed by atoms with van der Waals surface area (Å²) in [6, 6.07) is 5.42. The van der Waals surface area contributed by atoms with Crippen molar-refractivity contribution in [3.8, 4) is 0 Å². The number of nitrogens with zero attached hydrogens (tertiary/aromatic N) is 4. The molecule has 0 unspecified atom stereocenters. The molecule has 2 fully saturated rings. The van der Waals surface area contributed by atoms with E-state index in [1.807, 2.05) is 6.07 Å². The van der Waals surface area contributed by atoms with Crippen molar-refractivity contribution in [2.24, 2.45) is 0 Å². The van der Waals surface area contributed by atoms with Crippen molar-refractivity contribution in [1.82, 2.24) is 19.2 Å². The van der Waals surface area contributed by atoms with Gasteiger partial charge in [0.05, 0.1) is 23.7 Å². The van der Waals surface area contributed by atoms with Crippen LogP contribution in [0, 0.1) is 0 Å². The lowest BCUT2D eigenvalue weighted by atomic mass is 10.2. The first-order valence-corrected chi connectivity index (χ1v) is 12.6. The van der Waals surface area contributed by atoms with E-state index in [0.29, 0.717) is 52.4 Å². The number of carbonyl (C=O) groups is 1. The third-order valence-electron chi connectivity index (χ3n) is 5.70. The molecule has 9 nitrogen and oxygen atoms in total. The van der Waals surface area contributed by atoms with Gasteiger partial charge >= 0.3 is 0 Å². The van der Waals surface area contributed by atoms with Gasteiger partial charge in [-0.2, -0.15) is 0 Å². The number of ether oxygens (including phenoxy) is 2. The van der Waals surface area contributed by atoms with Crippen LogP contribution in [0.4, 0.5) is 5.82 Å². The predicted octanol–water partition coefficient (Wildman–Crippen LogP) is 2.07. The third-order valence-corrected chi connectivity index (χ3v) is 7.07. The second-order valence-corrected chi connectivity index (χ2v) is 9.70. The summed E-state index contributed by atoms with van der Waals surface area (Å²) < 4.78 is 12.5. The van der Waals surface area contributed by atoms with Crippen molar-refractivity contribution in [2.75, 3.05) is 65.0 Å². The van der Waals surface area contributed by atoms with Crippen molar-refractivity contribution in [2.45, 2.75) is 12.8 Å². The Bertz CT molecular complexity index is 1130. The fraction of sp³-hybridized carbons (Fsp3) is 0.478. The van der Waals surface area contributed by atoms with Crippen LogP contribution in [0.15, 0.2) is 34.1 Å². The van der Waals surface area contributed by atoms with Gasteiger partial charge in [-0.3, -0.25) is 23.8 Å². The Labute approximate surface area is 208 Å². The number of thioether (sulfide) groups is 1. The van der Waals surface area contributed by atoms with E-state index < -0.39 is 0 Å². The molecule has 4 rings (SSSR count). The molecule has 34 heavy (non-hydrogen) atoms. The molecule has 182 valence electrons. The fourth-order valence-corrected chi connectivity index (χ4v) is 5.18. The van der Waals surface area contributed by atoms with E-state index in [1.165, 1.54) is 16.2 Å². The SMILES string of the molecule is COCCCN1C(=O)C(=Cc2c(NCCCN3CCOCC3)nc3ccccn3c2=O)SC1=S. The molecule has 0 atom stereocenters. The fourth-order valence-electron chi connectivity index (χ4n) is 3.89. The van der Waals surface area contributed by atoms with Crippen LogP contribution in [0.2, 0.25) is 0 Å². The van der Waals surface area contributed by atoms with Crippen molar-refractivity contribution >= 4 is 51.7 Å². The highest BCUT2D eigenvalue weighted by Crippen LogP contribution is 2.33. The van der Waals surface area contributed by atoms with E-state index in [0.717, 1.165) is 39.3 Å². The zero-order chi connectivity index (χ0) is 23.9. The Morgan fingerprint density at radius 3 is 2.85 bits per heavy atom. The molecule has 11 heteroatoms. The molecule has 2 aromatic rings. The first-order chi connectivity index (χ1) is 16.6. The highest BCUT2D eigenvalue weighted by atomic mass is 32.2.